The third-order valence-electron chi connectivity index (χ3n) is 4.19. The number of carbonyl (C=O) groups is 1. The van der Waals surface area contributed by atoms with E-state index >= 15 is 0 Å². The Morgan fingerprint density at radius 1 is 0.929 bits per heavy atom. The second-order valence-corrected chi connectivity index (χ2v) is 6.20. The van der Waals surface area contributed by atoms with Crippen LogP contribution >= 0.6 is 0 Å². The average molecular weight is 369 g/mol. The van der Waals surface area contributed by atoms with Crippen LogP contribution in [0.2, 0.25) is 0 Å². The van der Waals surface area contributed by atoms with Crippen LogP contribution in [0.3, 0.4) is 0 Å². The second-order valence-electron chi connectivity index (χ2n) is 6.20. The van der Waals surface area contributed by atoms with Crippen molar-refractivity contribution in [1.82, 2.24) is 0 Å². The number of nitriles is 1. The normalized spacial score (nSPS) is 10.8. The summed E-state index contributed by atoms with van der Waals surface area (Å²) in [5, 5.41) is 9.47. The minimum atomic E-state index is -0.455. The van der Waals surface area contributed by atoms with E-state index in [1.165, 1.54) is 7.11 Å². The molecular weight excluding hydrogens is 350 g/mol. The minimum Gasteiger partial charge on any atom is -0.493 e. The zero-order valence-electron chi connectivity index (χ0n) is 15.7. The van der Waals surface area contributed by atoms with Gasteiger partial charge in [0, 0.05) is 0 Å². The first-order valence-corrected chi connectivity index (χ1v) is 8.75. The topological polar surface area (TPSA) is 59.3 Å². The third-order valence-corrected chi connectivity index (χ3v) is 4.19. The zero-order chi connectivity index (χ0) is 19.9. The lowest BCUT2D eigenvalue weighted by atomic mass is 10.0. The largest absolute Gasteiger partial charge is 0.493 e. The summed E-state index contributed by atoms with van der Waals surface area (Å²) in [6.07, 6.45) is 1.77. The number of hydrogen-bond acceptors (Lipinski definition) is 4. The number of allylic oxidation sites excluding steroid dienone is 1. The van der Waals surface area contributed by atoms with E-state index < -0.39 is 5.97 Å². The SMILES string of the molecule is COc1cc(/C=C(\C#N)c2ccccc2)ccc1OC(=O)c1ccc(C)cc1. The molecule has 0 saturated heterocycles. The van der Waals surface area contributed by atoms with E-state index in [0.29, 0.717) is 22.6 Å². The van der Waals surface area contributed by atoms with Gasteiger partial charge in [0.1, 0.15) is 0 Å². The van der Waals surface area contributed by atoms with Crippen LogP contribution in [0.1, 0.15) is 27.0 Å². The highest BCUT2D eigenvalue weighted by Gasteiger charge is 2.13. The molecule has 0 amide bonds. The smallest absolute Gasteiger partial charge is 0.343 e. The van der Waals surface area contributed by atoms with Gasteiger partial charge >= 0.3 is 5.97 Å². The Morgan fingerprint density at radius 3 is 2.29 bits per heavy atom. The first-order chi connectivity index (χ1) is 13.6. The van der Waals surface area contributed by atoms with E-state index in [0.717, 1.165) is 16.7 Å². The van der Waals surface area contributed by atoms with Crippen molar-refractivity contribution in [2.45, 2.75) is 6.92 Å². The molecule has 0 unspecified atom stereocenters. The zero-order valence-corrected chi connectivity index (χ0v) is 15.7. The standard InChI is InChI=1S/C24H19NO3/c1-17-8-11-20(12-9-17)24(26)28-22-13-10-18(15-23(22)27-2)14-21(16-25)19-6-4-3-5-7-19/h3-15H,1-2H3/b21-14+. The fourth-order valence-electron chi connectivity index (χ4n) is 2.67. The Balaban J connectivity index is 1.86. The Hall–Kier alpha value is -3.84. The molecule has 0 saturated carbocycles. The van der Waals surface area contributed by atoms with Crippen molar-refractivity contribution in [1.29, 1.82) is 5.26 Å². The molecule has 3 rings (SSSR count). The molecule has 3 aromatic carbocycles. The van der Waals surface area contributed by atoms with Crippen LogP contribution in [0.4, 0.5) is 0 Å². The lowest BCUT2D eigenvalue weighted by Gasteiger charge is -2.10. The molecular formula is C24H19NO3. The van der Waals surface area contributed by atoms with Crippen molar-refractivity contribution in [3.05, 3.63) is 95.1 Å². The highest BCUT2D eigenvalue weighted by Crippen LogP contribution is 2.30. The van der Waals surface area contributed by atoms with E-state index in [-0.39, 0.29) is 0 Å². The summed E-state index contributed by atoms with van der Waals surface area (Å²) in [6, 6.07) is 24.0. The summed E-state index contributed by atoms with van der Waals surface area (Å²) in [5.74, 6) is 0.284. The average Bonchev–Trinajstić information content (AvgIpc) is 2.74. The monoisotopic (exact) mass is 369 g/mol. The molecule has 3 aromatic rings. The Bertz CT molecular complexity index is 1050. The van der Waals surface area contributed by atoms with Gasteiger partial charge in [-0.3, -0.25) is 0 Å². The van der Waals surface area contributed by atoms with Gasteiger partial charge in [0.15, 0.2) is 11.5 Å². The second kappa shape index (κ2) is 8.70. The molecule has 0 spiro atoms. The number of carbonyl (C=O) groups excluding carboxylic acids is 1. The van der Waals surface area contributed by atoms with Gasteiger partial charge in [-0.1, -0.05) is 54.1 Å². The fraction of sp³-hybridized carbons (Fsp3) is 0.0833. The summed E-state index contributed by atoms with van der Waals surface area (Å²) in [7, 11) is 1.51. The van der Waals surface area contributed by atoms with Crippen molar-refractivity contribution < 1.29 is 14.3 Å². The van der Waals surface area contributed by atoms with E-state index in [4.69, 9.17) is 9.47 Å². The molecule has 0 bridgehead atoms. The van der Waals surface area contributed by atoms with Gasteiger partial charge in [-0.2, -0.15) is 5.26 Å². The number of rotatable bonds is 5. The molecule has 0 fully saturated rings. The van der Waals surface area contributed by atoms with Crippen molar-refractivity contribution in [3.8, 4) is 17.6 Å². The molecule has 0 radical (unpaired) electrons. The first kappa shape index (κ1) is 18.9. The minimum absolute atomic E-state index is 0.323. The quantitative estimate of drug-likeness (QED) is 0.265. The first-order valence-electron chi connectivity index (χ1n) is 8.75. The van der Waals surface area contributed by atoms with Crippen molar-refractivity contribution in [2.75, 3.05) is 7.11 Å². The molecule has 0 aliphatic heterocycles. The summed E-state index contributed by atoms with van der Waals surface area (Å²) in [4.78, 5) is 12.4. The Morgan fingerprint density at radius 2 is 1.64 bits per heavy atom. The number of nitrogens with zero attached hydrogens (tertiary/aromatic N) is 1. The van der Waals surface area contributed by atoms with E-state index in [2.05, 4.69) is 6.07 Å². The maximum atomic E-state index is 12.4. The molecule has 4 nitrogen and oxygen atoms in total. The maximum Gasteiger partial charge on any atom is 0.343 e. The molecule has 0 aliphatic rings. The predicted molar refractivity (Wildman–Crippen MR) is 109 cm³/mol. The maximum absolute atomic E-state index is 12.4. The highest BCUT2D eigenvalue weighted by molar-refractivity contribution is 5.92. The van der Waals surface area contributed by atoms with Gasteiger partial charge in [0.05, 0.1) is 24.3 Å². The summed E-state index contributed by atoms with van der Waals surface area (Å²) >= 11 is 0. The number of aryl methyl sites for hydroxylation is 1. The van der Waals surface area contributed by atoms with E-state index in [9.17, 15) is 10.1 Å². The van der Waals surface area contributed by atoms with Crippen LogP contribution in [0.25, 0.3) is 11.6 Å². The van der Waals surface area contributed by atoms with Gasteiger partial charge < -0.3 is 9.47 Å². The van der Waals surface area contributed by atoms with Gasteiger partial charge in [0.2, 0.25) is 0 Å². The van der Waals surface area contributed by atoms with Crippen molar-refractivity contribution in [3.63, 3.8) is 0 Å². The van der Waals surface area contributed by atoms with E-state index in [1.54, 1.807) is 36.4 Å². The number of hydrogen-bond donors (Lipinski definition) is 0. The van der Waals surface area contributed by atoms with Gasteiger partial charge in [0.25, 0.3) is 0 Å². The number of esters is 1. The van der Waals surface area contributed by atoms with Gasteiger partial charge in [-0.15, -0.1) is 0 Å². The predicted octanol–water partition coefficient (Wildman–Crippen LogP) is 5.29. The number of methoxy groups -OCH3 is 1. The fourth-order valence-corrected chi connectivity index (χ4v) is 2.67. The van der Waals surface area contributed by atoms with Gasteiger partial charge in [-0.25, -0.2) is 4.79 Å². The highest BCUT2D eigenvalue weighted by atomic mass is 16.6. The molecule has 0 aliphatic carbocycles. The molecule has 0 heterocycles. The molecule has 138 valence electrons. The lowest BCUT2D eigenvalue weighted by Crippen LogP contribution is -2.09. The summed E-state index contributed by atoms with van der Waals surface area (Å²) in [5.41, 5.74) is 3.67. The summed E-state index contributed by atoms with van der Waals surface area (Å²) in [6.45, 7) is 1.95. The molecule has 0 atom stereocenters. The van der Waals surface area contributed by atoms with Crippen LogP contribution in [-0.4, -0.2) is 13.1 Å². The van der Waals surface area contributed by atoms with E-state index in [1.807, 2.05) is 49.4 Å². The number of benzene rings is 3. The number of ether oxygens (including phenoxy) is 2. The molecule has 0 N–H and O–H groups in total. The molecule has 4 heteroatoms. The molecule has 28 heavy (non-hydrogen) atoms. The summed E-state index contributed by atoms with van der Waals surface area (Å²) < 4.78 is 10.9. The Labute approximate surface area is 164 Å². The van der Waals surface area contributed by atoms with Gasteiger partial charge in [-0.05, 0) is 48.4 Å². The van der Waals surface area contributed by atoms with Crippen molar-refractivity contribution in [2.24, 2.45) is 0 Å². The van der Waals surface area contributed by atoms with Crippen molar-refractivity contribution >= 4 is 17.6 Å². The molecule has 0 aromatic heterocycles. The van der Waals surface area contributed by atoms with Crippen LogP contribution in [0, 0.1) is 18.3 Å². The van der Waals surface area contributed by atoms with Crippen LogP contribution in [0.15, 0.2) is 72.8 Å². The lowest BCUT2D eigenvalue weighted by molar-refractivity contribution is 0.0729. The van der Waals surface area contributed by atoms with Crippen LogP contribution < -0.4 is 9.47 Å². The van der Waals surface area contributed by atoms with Crippen LogP contribution in [0.5, 0.6) is 11.5 Å². The van der Waals surface area contributed by atoms with Crippen LogP contribution in [-0.2, 0) is 0 Å². The Kier molecular flexibility index (Phi) is 5.88. The third kappa shape index (κ3) is 4.46.